The Morgan fingerprint density at radius 1 is 1.30 bits per heavy atom. The van der Waals surface area contributed by atoms with Crippen molar-refractivity contribution in [2.75, 3.05) is 18.0 Å². The van der Waals surface area contributed by atoms with Crippen molar-refractivity contribution in [1.29, 1.82) is 0 Å². The molecule has 3 rings (SSSR count). The fourth-order valence-corrected chi connectivity index (χ4v) is 3.14. The van der Waals surface area contributed by atoms with Crippen molar-refractivity contribution in [2.45, 2.75) is 39.3 Å². The molecular formula is C19H27N4+. The van der Waals surface area contributed by atoms with E-state index in [2.05, 4.69) is 64.2 Å². The van der Waals surface area contributed by atoms with Crippen LogP contribution in [0.25, 0.3) is 0 Å². The summed E-state index contributed by atoms with van der Waals surface area (Å²) in [5.74, 6) is 0. The van der Waals surface area contributed by atoms with Gasteiger partial charge in [-0.1, -0.05) is 0 Å². The van der Waals surface area contributed by atoms with Crippen molar-refractivity contribution in [3.8, 4) is 0 Å². The monoisotopic (exact) mass is 311 g/mol. The lowest BCUT2D eigenvalue weighted by Crippen LogP contribution is -2.45. The van der Waals surface area contributed by atoms with Gasteiger partial charge < -0.3 is 10.2 Å². The van der Waals surface area contributed by atoms with Crippen LogP contribution in [0, 0.1) is 13.8 Å². The molecule has 0 spiro atoms. The number of nitrogens with zero attached hydrogens (tertiary/aromatic N) is 3. The van der Waals surface area contributed by atoms with Gasteiger partial charge in [-0.3, -0.25) is 4.98 Å². The van der Waals surface area contributed by atoms with Gasteiger partial charge in [0.05, 0.1) is 11.9 Å². The van der Waals surface area contributed by atoms with E-state index >= 15 is 0 Å². The molecule has 0 saturated carbocycles. The third kappa shape index (κ3) is 4.08. The highest BCUT2D eigenvalue weighted by molar-refractivity contribution is 5.45. The first kappa shape index (κ1) is 15.9. The fraction of sp³-hybridized carbons (Fsp3) is 0.474. The number of hydrogen-bond donors (Lipinski definition) is 1. The van der Waals surface area contributed by atoms with Gasteiger partial charge in [0, 0.05) is 50.4 Å². The molecule has 0 radical (unpaired) electrons. The van der Waals surface area contributed by atoms with Crippen molar-refractivity contribution in [3.63, 3.8) is 0 Å². The van der Waals surface area contributed by atoms with E-state index in [-0.39, 0.29) is 0 Å². The Bertz CT molecular complexity index is 651. The highest BCUT2D eigenvalue weighted by Crippen LogP contribution is 2.19. The van der Waals surface area contributed by atoms with Crippen molar-refractivity contribution >= 4 is 5.69 Å². The van der Waals surface area contributed by atoms with Crippen LogP contribution in [0.3, 0.4) is 0 Å². The number of pyridine rings is 2. The third-order valence-corrected chi connectivity index (χ3v) is 4.74. The molecule has 0 amide bonds. The standard InChI is InChI=1S/C19H27N4/c1-15-6-7-19(13-20-15)23-9-4-5-18(14-23)21-12-17-8-10-22(3)16(2)11-17/h6-8,10-11,13,18,21H,4-5,9,12,14H2,1-3H3/q+1. The zero-order valence-corrected chi connectivity index (χ0v) is 14.4. The highest BCUT2D eigenvalue weighted by Gasteiger charge is 2.20. The number of rotatable bonds is 4. The largest absolute Gasteiger partial charge is 0.369 e. The molecule has 1 fully saturated rings. The smallest absolute Gasteiger partial charge is 0.178 e. The summed E-state index contributed by atoms with van der Waals surface area (Å²) in [6.07, 6.45) is 6.61. The molecule has 1 N–H and O–H groups in total. The van der Waals surface area contributed by atoms with E-state index in [0.29, 0.717) is 6.04 Å². The Kier molecular flexibility index (Phi) is 4.91. The first-order valence-corrected chi connectivity index (χ1v) is 8.48. The summed E-state index contributed by atoms with van der Waals surface area (Å²) in [4.78, 5) is 6.87. The van der Waals surface area contributed by atoms with E-state index in [4.69, 9.17) is 0 Å². The van der Waals surface area contributed by atoms with E-state index in [9.17, 15) is 0 Å². The summed E-state index contributed by atoms with van der Waals surface area (Å²) in [7, 11) is 2.08. The van der Waals surface area contributed by atoms with Gasteiger partial charge in [-0.25, -0.2) is 4.57 Å². The third-order valence-electron chi connectivity index (χ3n) is 4.74. The molecule has 23 heavy (non-hydrogen) atoms. The molecule has 2 aromatic rings. The normalized spacial score (nSPS) is 18.2. The molecule has 0 aliphatic carbocycles. The lowest BCUT2D eigenvalue weighted by atomic mass is 10.0. The maximum absolute atomic E-state index is 4.43. The van der Waals surface area contributed by atoms with Crippen molar-refractivity contribution < 1.29 is 4.57 Å². The predicted octanol–water partition coefficient (Wildman–Crippen LogP) is 2.28. The summed E-state index contributed by atoms with van der Waals surface area (Å²) >= 11 is 0. The van der Waals surface area contributed by atoms with Gasteiger partial charge in [0.1, 0.15) is 7.05 Å². The Morgan fingerprint density at radius 2 is 2.17 bits per heavy atom. The van der Waals surface area contributed by atoms with Gasteiger partial charge in [-0.05, 0) is 37.5 Å². The van der Waals surface area contributed by atoms with Crippen LogP contribution in [0.5, 0.6) is 0 Å². The maximum Gasteiger partial charge on any atom is 0.178 e. The number of nitrogens with one attached hydrogen (secondary N) is 1. The van der Waals surface area contributed by atoms with Crippen molar-refractivity contribution in [3.05, 3.63) is 53.6 Å². The maximum atomic E-state index is 4.43. The van der Waals surface area contributed by atoms with E-state index in [1.54, 1.807) is 0 Å². The first-order valence-electron chi connectivity index (χ1n) is 8.48. The Balaban J connectivity index is 1.58. The minimum atomic E-state index is 0.541. The average molecular weight is 311 g/mol. The molecular weight excluding hydrogens is 284 g/mol. The van der Waals surface area contributed by atoms with E-state index < -0.39 is 0 Å². The number of piperidine rings is 1. The summed E-state index contributed by atoms with van der Waals surface area (Å²) in [5, 5.41) is 3.72. The van der Waals surface area contributed by atoms with E-state index in [1.807, 2.05) is 13.1 Å². The van der Waals surface area contributed by atoms with Gasteiger partial charge in [0.25, 0.3) is 0 Å². The van der Waals surface area contributed by atoms with Crippen LogP contribution in [0.1, 0.15) is 29.8 Å². The number of hydrogen-bond acceptors (Lipinski definition) is 3. The Morgan fingerprint density at radius 3 is 2.91 bits per heavy atom. The molecule has 1 aliphatic heterocycles. The highest BCUT2D eigenvalue weighted by atomic mass is 15.2. The van der Waals surface area contributed by atoms with Gasteiger partial charge in [0.2, 0.25) is 0 Å². The fourth-order valence-electron chi connectivity index (χ4n) is 3.14. The molecule has 2 aromatic heterocycles. The van der Waals surface area contributed by atoms with Gasteiger partial charge in [0.15, 0.2) is 11.9 Å². The minimum absolute atomic E-state index is 0.541. The molecule has 1 saturated heterocycles. The molecule has 0 bridgehead atoms. The molecule has 1 aliphatic rings. The lowest BCUT2D eigenvalue weighted by molar-refractivity contribution is -0.677. The Hall–Kier alpha value is -1.94. The molecule has 4 nitrogen and oxygen atoms in total. The molecule has 1 unspecified atom stereocenters. The van der Waals surface area contributed by atoms with Crippen molar-refractivity contribution in [2.24, 2.45) is 7.05 Å². The lowest BCUT2D eigenvalue weighted by Gasteiger charge is -2.34. The first-order chi connectivity index (χ1) is 11.1. The summed E-state index contributed by atoms with van der Waals surface area (Å²) in [6, 6.07) is 9.28. The molecule has 3 heterocycles. The van der Waals surface area contributed by atoms with Crippen LogP contribution in [0.2, 0.25) is 0 Å². The van der Waals surface area contributed by atoms with Gasteiger partial charge >= 0.3 is 0 Å². The second-order valence-electron chi connectivity index (χ2n) is 6.61. The summed E-state index contributed by atoms with van der Waals surface area (Å²) in [5.41, 5.74) is 4.97. The van der Waals surface area contributed by atoms with Crippen LogP contribution in [-0.2, 0) is 13.6 Å². The quantitative estimate of drug-likeness (QED) is 0.879. The molecule has 4 heteroatoms. The summed E-state index contributed by atoms with van der Waals surface area (Å²) in [6.45, 7) is 7.31. The van der Waals surface area contributed by atoms with Crippen LogP contribution in [0.15, 0.2) is 36.7 Å². The zero-order valence-electron chi connectivity index (χ0n) is 14.4. The SMILES string of the molecule is Cc1ccc(N2CCCC(NCc3cc[n+](C)c(C)c3)C2)cn1. The average Bonchev–Trinajstić information content (AvgIpc) is 2.57. The van der Waals surface area contributed by atoms with Crippen molar-refractivity contribution in [1.82, 2.24) is 10.3 Å². The van der Waals surface area contributed by atoms with Gasteiger partial charge in [-0.15, -0.1) is 0 Å². The minimum Gasteiger partial charge on any atom is -0.369 e. The Labute approximate surface area is 139 Å². The predicted molar refractivity (Wildman–Crippen MR) is 93.4 cm³/mol. The number of anilines is 1. The molecule has 1 atom stereocenters. The topological polar surface area (TPSA) is 32.0 Å². The molecule has 122 valence electrons. The second-order valence-corrected chi connectivity index (χ2v) is 6.61. The second kappa shape index (κ2) is 7.09. The van der Waals surface area contributed by atoms with E-state index in [0.717, 1.165) is 25.3 Å². The van der Waals surface area contributed by atoms with Crippen LogP contribution >= 0.6 is 0 Å². The van der Waals surface area contributed by atoms with Gasteiger partial charge in [-0.2, -0.15) is 0 Å². The van der Waals surface area contributed by atoms with E-state index in [1.165, 1.54) is 29.8 Å². The van der Waals surface area contributed by atoms with Crippen LogP contribution in [-0.4, -0.2) is 24.1 Å². The number of aryl methyl sites for hydroxylation is 3. The molecule has 0 aromatic carbocycles. The summed E-state index contributed by atoms with van der Waals surface area (Å²) < 4.78 is 2.15. The number of aromatic nitrogens is 2. The van der Waals surface area contributed by atoms with Crippen LogP contribution in [0.4, 0.5) is 5.69 Å². The zero-order chi connectivity index (χ0) is 16.2. The van der Waals surface area contributed by atoms with Crippen LogP contribution < -0.4 is 14.8 Å².